The van der Waals surface area contributed by atoms with Crippen LogP contribution in [0.3, 0.4) is 0 Å². The molecule has 0 fully saturated rings. The maximum atomic E-state index is 13.6. The average molecular weight is 570 g/mol. The Bertz CT molecular complexity index is 1310. The van der Waals surface area contributed by atoms with Crippen molar-refractivity contribution in [2.45, 2.75) is 50.4 Å². The molecule has 1 aliphatic rings. The maximum Gasteiger partial charge on any atom is 0.407 e. The molecule has 39 heavy (non-hydrogen) atoms. The Kier molecular flexibility index (Phi) is 8.70. The van der Waals surface area contributed by atoms with Crippen molar-refractivity contribution in [1.29, 1.82) is 0 Å². The monoisotopic (exact) mass is 569 g/mol. The summed E-state index contributed by atoms with van der Waals surface area (Å²) in [6.45, 7) is 8.99. The number of alkyl carbamates (subject to hydrolysis) is 1. The van der Waals surface area contributed by atoms with Crippen LogP contribution in [0, 0.1) is 0 Å². The van der Waals surface area contributed by atoms with Gasteiger partial charge in [0, 0.05) is 54.9 Å². The number of nitrogens with zero attached hydrogens (tertiary/aromatic N) is 4. The molecule has 0 saturated heterocycles. The van der Waals surface area contributed by atoms with E-state index in [9.17, 15) is 9.59 Å². The molecular formula is C28H35N5O4S2. The van der Waals surface area contributed by atoms with Gasteiger partial charge in [-0.25, -0.2) is 14.8 Å². The van der Waals surface area contributed by atoms with Gasteiger partial charge in [0.25, 0.3) is 5.91 Å². The first kappa shape index (κ1) is 28.7. The van der Waals surface area contributed by atoms with Crippen molar-refractivity contribution >= 4 is 46.6 Å². The lowest BCUT2D eigenvalue weighted by Gasteiger charge is -2.31. The molecule has 3 aromatic rings. The van der Waals surface area contributed by atoms with E-state index >= 15 is 0 Å². The van der Waals surface area contributed by atoms with Gasteiger partial charge in [-0.3, -0.25) is 4.79 Å². The second kappa shape index (κ2) is 11.8. The third-order valence-corrected chi connectivity index (χ3v) is 7.91. The predicted molar refractivity (Wildman–Crippen MR) is 156 cm³/mol. The molecule has 0 bridgehead atoms. The van der Waals surface area contributed by atoms with Crippen LogP contribution in [-0.2, 0) is 10.3 Å². The van der Waals surface area contributed by atoms with E-state index in [2.05, 4.69) is 15.3 Å². The Balaban J connectivity index is 1.55. The highest BCUT2D eigenvalue weighted by atomic mass is 32.2. The molecule has 0 aliphatic carbocycles. The Morgan fingerprint density at radius 2 is 1.97 bits per heavy atom. The molecular weight excluding hydrogens is 534 g/mol. The summed E-state index contributed by atoms with van der Waals surface area (Å²) < 4.78 is 12.0. The van der Waals surface area contributed by atoms with Crippen LogP contribution in [0.15, 0.2) is 53.1 Å². The van der Waals surface area contributed by atoms with Crippen molar-refractivity contribution in [3.05, 3.63) is 58.4 Å². The minimum absolute atomic E-state index is 0.154. The normalized spacial score (nSPS) is 15.3. The highest BCUT2D eigenvalue weighted by Crippen LogP contribution is 2.36. The summed E-state index contributed by atoms with van der Waals surface area (Å²) in [5.41, 5.74) is 0.0661. The molecule has 2 amide bonds. The number of benzene rings is 1. The van der Waals surface area contributed by atoms with Gasteiger partial charge in [-0.05, 0) is 57.5 Å². The zero-order valence-corrected chi connectivity index (χ0v) is 24.8. The van der Waals surface area contributed by atoms with E-state index in [0.717, 1.165) is 10.6 Å². The van der Waals surface area contributed by atoms with Gasteiger partial charge < -0.3 is 24.6 Å². The lowest BCUT2D eigenvalue weighted by molar-refractivity contribution is 0.0498. The number of carbonyl (C=O) groups excluding carboxylic acids is 2. The van der Waals surface area contributed by atoms with Crippen LogP contribution < -0.4 is 19.9 Å². The number of rotatable bonds is 8. The van der Waals surface area contributed by atoms with Gasteiger partial charge in [0.2, 0.25) is 0 Å². The van der Waals surface area contributed by atoms with E-state index in [-0.39, 0.29) is 18.1 Å². The van der Waals surface area contributed by atoms with Gasteiger partial charge in [0.1, 0.15) is 22.7 Å². The van der Waals surface area contributed by atoms with Gasteiger partial charge >= 0.3 is 6.09 Å². The number of thiophene rings is 1. The molecule has 3 heterocycles. The summed E-state index contributed by atoms with van der Waals surface area (Å²) in [5.74, 6) is 1.09. The third-order valence-electron chi connectivity index (χ3n) is 6.23. The van der Waals surface area contributed by atoms with Crippen molar-refractivity contribution in [1.82, 2.24) is 15.3 Å². The minimum Gasteiger partial charge on any atom is -0.482 e. The summed E-state index contributed by atoms with van der Waals surface area (Å²) in [6, 6.07) is 11.5. The van der Waals surface area contributed by atoms with E-state index in [1.807, 2.05) is 87.7 Å². The Labute approximate surface area is 237 Å². The molecule has 1 N–H and O–H groups in total. The van der Waals surface area contributed by atoms with Crippen LogP contribution in [0.2, 0.25) is 0 Å². The fourth-order valence-electron chi connectivity index (χ4n) is 4.21. The molecule has 1 atom stereocenters. The molecule has 208 valence electrons. The van der Waals surface area contributed by atoms with E-state index in [1.165, 1.54) is 11.8 Å². The molecule has 0 radical (unpaired) electrons. The molecule has 11 heteroatoms. The largest absolute Gasteiger partial charge is 0.482 e. The molecule has 4 rings (SSSR count). The van der Waals surface area contributed by atoms with Crippen molar-refractivity contribution in [3.63, 3.8) is 0 Å². The highest BCUT2D eigenvalue weighted by Gasteiger charge is 2.32. The maximum absolute atomic E-state index is 13.6. The fraction of sp³-hybridized carbons (Fsp3) is 0.429. The topological polar surface area (TPSA) is 96.9 Å². The number of aromatic nitrogens is 2. The lowest BCUT2D eigenvalue weighted by Crippen LogP contribution is -2.41. The number of nitrogens with one attached hydrogen (secondary N) is 1. The predicted octanol–water partition coefficient (Wildman–Crippen LogP) is 5.57. The van der Waals surface area contributed by atoms with E-state index < -0.39 is 11.7 Å². The highest BCUT2D eigenvalue weighted by molar-refractivity contribution is 7.98. The SMILES string of the molecule is CSc1ncc2c(n1)N(C)CCN(c1cccc(OC(C)(CCOC(=O)NC(C)(C)C)c3cccs3)c1)C2=O. The molecule has 0 saturated carbocycles. The van der Waals surface area contributed by atoms with Crippen LogP contribution in [0.4, 0.5) is 16.3 Å². The Morgan fingerprint density at radius 3 is 2.67 bits per heavy atom. The zero-order valence-electron chi connectivity index (χ0n) is 23.2. The number of anilines is 2. The summed E-state index contributed by atoms with van der Waals surface area (Å²) >= 11 is 3.03. The first-order valence-electron chi connectivity index (χ1n) is 12.7. The first-order chi connectivity index (χ1) is 18.5. The number of hydrogen-bond donors (Lipinski definition) is 1. The minimum atomic E-state index is -0.744. The first-order valence-corrected chi connectivity index (χ1v) is 14.8. The Hall–Kier alpha value is -3.31. The van der Waals surface area contributed by atoms with Gasteiger partial charge in [0.05, 0.1) is 6.61 Å². The van der Waals surface area contributed by atoms with Crippen molar-refractivity contribution < 1.29 is 19.1 Å². The second-order valence-corrected chi connectivity index (χ2v) is 12.3. The Morgan fingerprint density at radius 1 is 1.18 bits per heavy atom. The molecule has 1 unspecified atom stereocenters. The second-order valence-electron chi connectivity index (χ2n) is 10.5. The summed E-state index contributed by atoms with van der Waals surface area (Å²) in [6.07, 6.45) is 3.51. The van der Waals surface area contributed by atoms with Crippen LogP contribution >= 0.6 is 23.1 Å². The van der Waals surface area contributed by atoms with E-state index in [4.69, 9.17) is 9.47 Å². The smallest absolute Gasteiger partial charge is 0.407 e. The van der Waals surface area contributed by atoms with Crippen molar-refractivity contribution in [2.75, 3.05) is 42.8 Å². The van der Waals surface area contributed by atoms with Gasteiger partial charge in [-0.15, -0.1) is 11.3 Å². The van der Waals surface area contributed by atoms with E-state index in [0.29, 0.717) is 41.8 Å². The standard InChI is InChI=1S/C28H35N5O4S2/c1-27(2,3)31-26(35)36-15-12-28(4,22-11-8-16-39-22)37-20-10-7-9-19(17-20)33-14-13-32(5)23-21(24(33)34)18-29-25(30-23)38-6/h7-11,16-18H,12-15H2,1-6H3,(H,31,35). The molecule has 1 aliphatic heterocycles. The number of ether oxygens (including phenoxy) is 2. The molecule has 9 nitrogen and oxygen atoms in total. The van der Waals surface area contributed by atoms with Crippen molar-refractivity contribution in [3.8, 4) is 5.75 Å². The fourth-order valence-corrected chi connectivity index (χ4v) is 5.40. The third kappa shape index (κ3) is 7.02. The number of thioether (sulfide) groups is 1. The van der Waals surface area contributed by atoms with E-state index in [1.54, 1.807) is 22.4 Å². The number of likely N-dealkylation sites (N-methyl/N-ethyl adjacent to an activating group) is 1. The molecule has 2 aromatic heterocycles. The summed E-state index contributed by atoms with van der Waals surface area (Å²) in [4.78, 5) is 39.4. The molecule has 1 aromatic carbocycles. The number of fused-ring (bicyclic) bond motifs is 1. The van der Waals surface area contributed by atoms with Gasteiger partial charge in [-0.2, -0.15) is 0 Å². The average Bonchev–Trinajstić information content (AvgIpc) is 3.40. The summed E-state index contributed by atoms with van der Waals surface area (Å²) in [5, 5.41) is 5.43. The van der Waals surface area contributed by atoms with Crippen LogP contribution in [0.25, 0.3) is 0 Å². The van der Waals surface area contributed by atoms with Crippen LogP contribution in [0.5, 0.6) is 5.75 Å². The van der Waals surface area contributed by atoms with Crippen LogP contribution in [-0.4, -0.2) is 60.5 Å². The number of hydrogen-bond acceptors (Lipinski definition) is 9. The van der Waals surface area contributed by atoms with Gasteiger partial charge in [-0.1, -0.05) is 23.9 Å². The summed E-state index contributed by atoms with van der Waals surface area (Å²) in [7, 11) is 1.93. The zero-order chi connectivity index (χ0) is 28.2. The number of amides is 2. The molecule has 0 spiro atoms. The van der Waals surface area contributed by atoms with Gasteiger partial charge in [0.15, 0.2) is 5.16 Å². The quantitative estimate of drug-likeness (QED) is 0.278. The lowest BCUT2D eigenvalue weighted by atomic mass is 10.00. The van der Waals surface area contributed by atoms with Crippen molar-refractivity contribution in [2.24, 2.45) is 0 Å². The van der Waals surface area contributed by atoms with Crippen LogP contribution in [0.1, 0.15) is 49.4 Å². The number of carbonyl (C=O) groups is 2.